The minimum Gasteiger partial charge on any atom is -0.337 e. The van der Waals surface area contributed by atoms with Gasteiger partial charge in [0.15, 0.2) is 0 Å². The molecule has 2 saturated heterocycles. The third kappa shape index (κ3) is 3.18. The average Bonchev–Trinajstić information content (AvgIpc) is 3.14. The maximum atomic E-state index is 12.6. The van der Waals surface area contributed by atoms with E-state index in [0.29, 0.717) is 24.2 Å². The molecule has 0 bridgehead atoms. The van der Waals surface area contributed by atoms with Crippen molar-refractivity contribution in [2.24, 2.45) is 0 Å². The van der Waals surface area contributed by atoms with E-state index in [1.807, 2.05) is 0 Å². The highest BCUT2D eigenvalue weighted by atomic mass is 35.5. The molecule has 0 unspecified atom stereocenters. The quantitative estimate of drug-likeness (QED) is 0.885. The van der Waals surface area contributed by atoms with Gasteiger partial charge in [-0.25, -0.2) is 8.42 Å². The molecule has 3 rings (SSSR count). The van der Waals surface area contributed by atoms with Crippen molar-refractivity contribution >= 4 is 33.2 Å². The van der Waals surface area contributed by atoms with Gasteiger partial charge in [0, 0.05) is 26.2 Å². The van der Waals surface area contributed by atoms with E-state index in [9.17, 15) is 13.2 Å². The number of sulfonamides is 1. The Balaban J connectivity index is 1.83. The molecule has 1 aromatic carbocycles. The molecule has 23 heavy (non-hydrogen) atoms. The summed E-state index contributed by atoms with van der Waals surface area (Å²) in [6, 6.07) is 5.01. The highest BCUT2D eigenvalue weighted by Gasteiger charge is 2.30. The SMILES string of the molecule is CN(C(=O)c1ccc(N2CCCS2(=O)=O)cc1Cl)[C@H]1CCNC1. The molecule has 126 valence electrons. The Labute approximate surface area is 141 Å². The highest BCUT2D eigenvalue weighted by molar-refractivity contribution is 7.93. The normalized spacial score (nSPS) is 23.2. The molecular weight excluding hydrogens is 338 g/mol. The van der Waals surface area contributed by atoms with Crippen LogP contribution < -0.4 is 9.62 Å². The van der Waals surface area contributed by atoms with E-state index < -0.39 is 10.0 Å². The molecule has 2 aliphatic heterocycles. The number of nitrogens with one attached hydrogen (secondary N) is 1. The summed E-state index contributed by atoms with van der Waals surface area (Å²) in [5.74, 6) is 0.0162. The van der Waals surface area contributed by atoms with Crippen LogP contribution in [0.2, 0.25) is 5.02 Å². The number of rotatable bonds is 3. The fourth-order valence-corrected chi connectivity index (χ4v) is 4.90. The first-order valence-corrected chi connectivity index (χ1v) is 9.67. The second-order valence-corrected chi connectivity index (χ2v) is 8.39. The Kier molecular flexibility index (Phi) is 4.53. The van der Waals surface area contributed by atoms with E-state index in [-0.39, 0.29) is 22.7 Å². The second kappa shape index (κ2) is 6.30. The predicted octanol–water partition coefficient (Wildman–Crippen LogP) is 1.31. The van der Waals surface area contributed by atoms with Crippen LogP contribution in [-0.2, 0) is 10.0 Å². The zero-order valence-electron chi connectivity index (χ0n) is 13.0. The summed E-state index contributed by atoms with van der Waals surface area (Å²) < 4.78 is 25.3. The summed E-state index contributed by atoms with van der Waals surface area (Å²) in [4.78, 5) is 14.3. The topological polar surface area (TPSA) is 69.7 Å². The van der Waals surface area contributed by atoms with Gasteiger partial charge in [0.1, 0.15) is 0 Å². The lowest BCUT2D eigenvalue weighted by molar-refractivity contribution is 0.0744. The summed E-state index contributed by atoms with van der Waals surface area (Å²) in [5.41, 5.74) is 0.927. The van der Waals surface area contributed by atoms with Crippen molar-refractivity contribution in [3.05, 3.63) is 28.8 Å². The molecule has 0 spiro atoms. The lowest BCUT2D eigenvalue weighted by atomic mass is 10.1. The van der Waals surface area contributed by atoms with Crippen molar-refractivity contribution < 1.29 is 13.2 Å². The van der Waals surface area contributed by atoms with E-state index in [2.05, 4.69) is 5.32 Å². The average molecular weight is 358 g/mol. The molecule has 1 atom stereocenters. The summed E-state index contributed by atoms with van der Waals surface area (Å²) in [7, 11) is -1.48. The molecule has 1 amide bonds. The molecule has 0 radical (unpaired) electrons. The van der Waals surface area contributed by atoms with Crippen LogP contribution >= 0.6 is 11.6 Å². The molecule has 8 heteroatoms. The number of halogens is 1. The number of likely N-dealkylation sites (N-methyl/N-ethyl adjacent to an activating group) is 1. The van der Waals surface area contributed by atoms with E-state index in [1.54, 1.807) is 30.1 Å². The molecular formula is C15H20ClN3O3S. The van der Waals surface area contributed by atoms with Gasteiger partial charge in [-0.3, -0.25) is 9.10 Å². The third-order valence-electron chi connectivity index (χ3n) is 4.47. The maximum Gasteiger partial charge on any atom is 0.255 e. The highest BCUT2D eigenvalue weighted by Crippen LogP contribution is 2.29. The molecule has 6 nitrogen and oxygen atoms in total. The largest absolute Gasteiger partial charge is 0.337 e. The van der Waals surface area contributed by atoms with Gasteiger partial charge >= 0.3 is 0 Å². The molecule has 1 N–H and O–H groups in total. The Bertz CT molecular complexity index is 717. The Morgan fingerprint density at radius 3 is 2.78 bits per heavy atom. The van der Waals surface area contributed by atoms with Crippen molar-refractivity contribution in [3.63, 3.8) is 0 Å². The van der Waals surface area contributed by atoms with Gasteiger partial charge in [-0.2, -0.15) is 0 Å². The monoisotopic (exact) mass is 357 g/mol. The maximum absolute atomic E-state index is 12.6. The summed E-state index contributed by atoms with van der Waals surface area (Å²) in [5, 5.41) is 3.51. The van der Waals surface area contributed by atoms with Crippen LogP contribution in [-0.4, -0.2) is 57.7 Å². The van der Waals surface area contributed by atoms with Gasteiger partial charge in [0.05, 0.1) is 22.0 Å². The summed E-state index contributed by atoms with van der Waals surface area (Å²) in [6.45, 7) is 2.14. The molecule has 1 aromatic rings. The van der Waals surface area contributed by atoms with Crippen LogP contribution in [0.5, 0.6) is 0 Å². The number of carbonyl (C=O) groups excluding carboxylic acids is 1. The standard InChI is InChI=1S/C15H20ClN3O3S/c1-18(12-5-6-17-10-12)15(20)13-4-3-11(9-14(13)16)19-7-2-8-23(19,21)22/h3-4,9,12,17H,2,5-8,10H2,1H3/t12-/m0/s1. The van der Waals surface area contributed by atoms with Gasteiger partial charge in [-0.1, -0.05) is 11.6 Å². The third-order valence-corrected chi connectivity index (χ3v) is 6.65. The van der Waals surface area contributed by atoms with Gasteiger partial charge < -0.3 is 10.2 Å². The number of benzene rings is 1. The molecule has 0 aliphatic carbocycles. The van der Waals surface area contributed by atoms with Crippen molar-refractivity contribution in [1.82, 2.24) is 10.2 Å². The van der Waals surface area contributed by atoms with Crippen molar-refractivity contribution in [1.29, 1.82) is 0 Å². The van der Waals surface area contributed by atoms with Crippen molar-refractivity contribution in [3.8, 4) is 0 Å². The summed E-state index contributed by atoms with van der Waals surface area (Å²) in [6.07, 6.45) is 1.53. The Morgan fingerprint density at radius 2 is 2.22 bits per heavy atom. The number of anilines is 1. The lowest BCUT2D eigenvalue weighted by Crippen LogP contribution is -2.38. The molecule has 2 aliphatic rings. The fraction of sp³-hybridized carbons (Fsp3) is 0.533. The van der Waals surface area contributed by atoms with Crippen LogP contribution in [0.15, 0.2) is 18.2 Å². The molecule has 0 saturated carbocycles. The minimum absolute atomic E-state index is 0.139. The van der Waals surface area contributed by atoms with Crippen molar-refractivity contribution in [2.45, 2.75) is 18.9 Å². The van der Waals surface area contributed by atoms with Gasteiger partial charge in [0.2, 0.25) is 10.0 Å². The number of nitrogens with zero attached hydrogens (tertiary/aromatic N) is 2. The number of hydrogen-bond donors (Lipinski definition) is 1. The van der Waals surface area contributed by atoms with Crippen LogP contribution in [0.3, 0.4) is 0 Å². The molecule has 2 heterocycles. The minimum atomic E-state index is -3.25. The first kappa shape index (κ1) is 16.5. The van der Waals surface area contributed by atoms with E-state index in [4.69, 9.17) is 11.6 Å². The van der Waals surface area contributed by atoms with Gasteiger partial charge in [-0.15, -0.1) is 0 Å². The van der Waals surface area contributed by atoms with E-state index in [1.165, 1.54) is 4.31 Å². The van der Waals surface area contributed by atoms with Crippen LogP contribution in [0.4, 0.5) is 5.69 Å². The zero-order valence-corrected chi connectivity index (χ0v) is 14.5. The van der Waals surface area contributed by atoms with Gasteiger partial charge in [0.25, 0.3) is 5.91 Å². The van der Waals surface area contributed by atoms with Gasteiger partial charge in [-0.05, 0) is 37.6 Å². The van der Waals surface area contributed by atoms with E-state index >= 15 is 0 Å². The van der Waals surface area contributed by atoms with Crippen LogP contribution in [0, 0.1) is 0 Å². The zero-order chi connectivity index (χ0) is 16.6. The Hall–Kier alpha value is -1.31. The van der Waals surface area contributed by atoms with Crippen molar-refractivity contribution in [2.75, 3.05) is 36.7 Å². The summed E-state index contributed by atoms with van der Waals surface area (Å²) >= 11 is 6.26. The van der Waals surface area contributed by atoms with Crippen LogP contribution in [0.1, 0.15) is 23.2 Å². The van der Waals surface area contributed by atoms with Crippen LogP contribution in [0.25, 0.3) is 0 Å². The number of carbonyl (C=O) groups is 1. The second-order valence-electron chi connectivity index (χ2n) is 5.97. The molecule has 2 fully saturated rings. The number of hydrogen-bond acceptors (Lipinski definition) is 4. The van der Waals surface area contributed by atoms with E-state index in [0.717, 1.165) is 19.5 Å². The fourth-order valence-electron chi connectivity index (χ4n) is 3.09. The predicted molar refractivity (Wildman–Crippen MR) is 90.6 cm³/mol. The lowest BCUT2D eigenvalue weighted by Gasteiger charge is -2.25. The smallest absolute Gasteiger partial charge is 0.255 e. The number of amides is 1. The molecule has 0 aromatic heterocycles. The first-order valence-electron chi connectivity index (χ1n) is 7.68. The Morgan fingerprint density at radius 1 is 1.43 bits per heavy atom. The first-order chi connectivity index (χ1) is 10.9.